The molecule has 2 fully saturated rings. The monoisotopic (exact) mass is 320 g/mol. The Labute approximate surface area is 138 Å². The Morgan fingerprint density at radius 3 is 2.95 bits per heavy atom. The van der Waals surface area contributed by atoms with Crippen LogP contribution in [0.1, 0.15) is 38.2 Å². The van der Waals surface area contributed by atoms with Gasteiger partial charge in [-0.2, -0.15) is 0 Å². The zero-order valence-corrected chi connectivity index (χ0v) is 14.0. The van der Waals surface area contributed by atoms with E-state index < -0.39 is 0 Å². The standard InChI is InChI=1S/C18H25ClN2O/c1-14-7-11-21(13-18(14)8-3-9-18)17(22)20-10-6-15-4-2-5-16(19)12-15/h2,4-5,12,14H,3,6-11,13H2,1H3,(H,20,22). The Balaban J connectivity index is 1.48. The maximum atomic E-state index is 12.4. The van der Waals surface area contributed by atoms with Crippen LogP contribution in [-0.4, -0.2) is 30.6 Å². The molecule has 1 saturated carbocycles. The molecule has 1 aromatic carbocycles. The van der Waals surface area contributed by atoms with E-state index in [0.717, 1.165) is 42.4 Å². The Bertz CT molecular complexity index is 542. The van der Waals surface area contributed by atoms with Crippen LogP contribution in [0, 0.1) is 11.3 Å². The smallest absolute Gasteiger partial charge is 0.317 e. The molecule has 3 nitrogen and oxygen atoms in total. The summed E-state index contributed by atoms with van der Waals surface area (Å²) < 4.78 is 0. The van der Waals surface area contributed by atoms with Gasteiger partial charge in [-0.15, -0.1) is 0 Å². The summed E-state index contributed by atoms with van der Waals surface area (Å²) in [6.07, 6.45) is 5.87. The lowest BCUT2D eigenvalue weighted by Gasteiger charge is -2.53. The topological polar surface area (TPSA) is 32.3 Å². The van der Waals surface area contributed by atoms with Gasteiger partial charge in [-0.3, -0.25) is 0 Å². The van der Waals surface area contributed by atoms with Crippen LogP contribution >= 0.6 is 11.6 Å². The summed E-state index contributed by atoms with van der Waals surface area (Å²) >= 11 is 5.98. The van der Waals surface area contributed by atoms with Gasteiger partial charge in [0.25, 0.3) is 0 Å². The van der Waals surface area contributed by atoms with Crippen LogP contribution in [0.15, 0.2) is 24.3 Å². The summed E-state index contributed by atoms with van der Waals surface area (Å²) in [7, 11) is 0. The lowest BCUT2D eigenvalue weighted by molar-refractivity contribution is -0.0128. The van der Waals surface area contributed by atoms with Gasteiger partial charge in [-0.05, 0) is 54.7 Å². The lowest BCUT2D eigenvalue weighted by atomic mass is 9.59. The summed E-state index contributed by atoms with van der Waals surface area (Å²) in [6, 6.07) is 7.92. The van der Waals surface area contributed by atoms with Crippen molar-refractivity contribution in [3.63, 3.8) is 0 Å². The van der Waals surface area contributed by atoms with Gasteiger partial charge in [-0.1, -0.05) is 37.1 Å². The average Bonchev–Trinajstić information content (AvgIpc) is 2.46. The molecule has 1 saturated heterocycles. The molecular formula is C18H25ClN2O. The molecule has 1 spiro atoms. The number of hydrogen-bond donors (Lipinski definition) is 1. The van der Waals surface area contributed by atoms with Gasteiger partial charge < -0.3 is 10.2 Å². The van der Waals surface area contributed by atoms with Gasteiger partial charge >= 0.3 is 6.03 Å². The van der Waals surface area contributed by atoms with Crippen molar-refractivity contribution in [1.29, 1.82) is 0 Å². The predicted molar refractivity (Wildman–Crippen MR) is 90.2 cm³/mol. The molecule has 120 valence electrons. The normalized spacial score (nSPS) is 23.2. The molecule has 0 bridgehead atoms. The third kappa shape index (κ3) is 3.24. The molecule has 2 aliphatic rings. The van der Waals surface area contributed by atoms with E-state index in [-0.39, 0.29) is 6.03 Å². The van der Waals surface area contributed by atoms with E-state index >= 15 is 0 Å². The number of amides is 2. The van der Waals surface area contributed by atoms with Crippen LogP contribution in [0.25, 0.3) is 0 Å². The van der Waals surface area contributed by atoms with Crippen molar-refractivity contribution < 1.29 is 4.79 Å². The molecule has 1 aliphatic carbocycles. The number of nitrogens with one attached hydrogen (secondary N) is 1. The summed E-state index contributed by atoms with van der Waals surface area (Å²) in [5.41, 5.74) is 1.58. The van der Waals surface area contributed by atoms with E-state index in [4.69, 9.17) is 11.6 Å². The Morgan fingerprint density at radius 2 is 2.27 bits per heavy atom. The Kier molecular flexibility index (Phi) is 4.62. The van der Waals surface area contributed by atoms with Gasteiger partial charge in [0.2, 0.25) is 0 Å². The molecule has 1 aromatic rings. The van der Waals surface area contributed by atoms with E-state index in [1.807, 2.05) is 29.2 Å². The number of hydrogen-bond acceptors (Lipinski definition) is 1. The molecule has 1 atom stereocenters. The first kappa shape index (κ1) is 15.7. The number of piperidine rings is 1. The molecular weight excluding hydrogens is 296 g/mol. The third-order valence-electron chi connectivity index (χ3n) is 5.60. The number of carbonyl (C=O) groups excluding carboxylic acids is 1. The number of halogens is 1. The van der Waals surface area contributed by atoms with Crippen LogP contribution < -0.4 is 5.32 Å². The molecule has 1 aliphatic heterocycles. The fraction of sp³-hybridized carbons (Fsp3) is 0.611. The summed E-state index contributed by atoms with van der Waals surface area (Å²) in [5, 5.41) is 3.82. The molecule has 3 rings (SSSR count). The fourth-order valence-corrected chi connectivity index (χ4v) is 4.06. The van der Waals surface area contributed by atoms with Crippen molar-refractivity contribution >= 4 is 17.6 Å². The first-order valence-electron chi connectivity index (χ1n) is 8.36. The number of nitrogens with zero attached hydrogens (tertiary/aromatic N) is 1. The Morgan fingerprint density at radius 1 is 1.45 bits per heavy atom. The SMILES string of the molecule is CC1CCN(C(=O)NCCc2cccc(Cl)c2)CC12CCC2. The van der Waals surface area contributed by atoms with Gasteiger partial charge in [0.15, 0.2) is 0 Å². The first-order chi connectivity index (χ1) is 10.6. The van der Waals surface area contributed by atoms with Crippen LogP contribution in [0.4, 0.5) is 4.79 Å². The minimum absolute atomic E-state index is 0.0974. The molecule has 22 heavy (non-hydrogen) atoms. The van der Waals surface area contributed by atoms with Gasteiger partial charge in [0, 0.05) is 24.7 Å². The van der Waals surface area contributed by atoms with Crippen molar-refractivity contribution in [2.24, 2.45) is 11.3 Å². The van der Waals surface area contributed by atoms with Crippen molar-refractivity contribution in [1.82, 2.24) is 10.2 Å². The number of carbonyl (C=O) groups is 1. The van der Waals surface area contributed by atoms with Crippen LogP contribution in [0.2, 0.25) is 5.02 Å². The Hall–Kier alpha value is -1.22. The lowest BCUT2D eigenvalue weighted by Crippen LogP contribution is -2.55. The van der Waals surface area contributed by atoms with Crippen molar-refractivity contribution in [2.75, 3.05) is 19.6 Å². The van der Waals surface area contributed by atoms with E-state index in [0.29, 0.717) is 12.0 Å². The highest BCUT2D eigenvalue weighted by atomic mass is 35.5. The van der Waals surface area contributed by atoms with Crippen molar-refractivity contribution in [3.05, 3.63) is 34.9 Å². The molecule has 1 N–H and O–H groups in total. The fourth-order valence-electron chi connectivity index (χ4n) is 3.84. The van der Waals surface area contributed by atoms with Crippen LogP contribution in [0.3, 0.4) is 0 Å². The predicted octanol–water partition coefficient (Wildman–Crippen LogP) is 4.10. The van der Waals surface area contributed by atoms with Crippen LogP contribution in [0.5, 0.6) is 0 Å². The molecule has 1 heterocycles. The maximum Gasteiger partial charge on any atom is 0.317 e. The molecule has 2 amide bonds. The van der Waals surface area contributed by atoms with Crippen molar-refractivity contribution in [3.8, 4) is 0 Å². The minimum atomic E-state index is 0.0974. The molecule has 4 heteroatoms. The summed E-state index contributed by atoms with van der Waals surface area (Å²) in [5.74, 6) is 0.761. The second kappa shape index (κ2) is 6.49. The number of rotatable bonds is 3. The highest BCUT2D eigenvalue weighted by Crippen LogP contribution is 2.50. The maximum absolute atomic E-state index is 12.4. The summed E-state index contributed by atoms with van der Waals surface area (Å²) in [6.45, 7) is 4.86. The largest absolute Gasteiger partial charge is 0.338 e. The van der Waals surface area contributed by atoms with Gasteiger partial charge in [0.1, 0.15) is 0 Å². The minimum Gasteiger partial charge on any atom is -0.338 e. The van der Waals surface area contributed by atoms with E-state index in [1.54, 1.807) is 0 Å². The van der Waals surface area contributed by atoms with Gasteiger partial charge in [0.05, 0.1) is 0 Å². The molecule has 1 unspecified atom stereocenters. The van der Waals surface area contributed by atoms with Crippen LogP contribution in [-0.2, 0) is 6.42 Å². The number of likely N-dealkylation sites (tertiary alicyclic amines) is 1. The third-order valence-corrected chi connectivity index (χ3v) is 5.83. The van der Waals surface area contributed by atoms with E-state index in [9.17, 15) is 4.79 Å². The zero-order chi connectivity index (χ0) is 15.6. The highest BCUT2D eigenvalue weighted by Gasteiger charge is 2.46. The zero-order valence-electron chi connectivity index (χ0n) is 13.3. The van der Waals surface area contributed by atoms with E-state index in [2.05, 4.69) is 12.2 Å². The first-order valence-corrected chi connectivity index (χ1v) is 8.74. The quantitative estimate of drug-likeness (QED) is 0.893. The van der Waals surface area contributed by atoms with Crippen molar-refractivity contribution in [2.45, 2.75) is 39.0 Å². The molecule has 0 radical (unpaired) electrons. The van der Waals surface area contributed by atoms with E-state index in [1.165, 1.54) is 19.3 Å². The highest BCUT2D eigenvalue weighted by molar-refractivity contribution is 6.30. The summed E-state index contributed by atoms with van der Waals surface area (Å²) in [4.78, 5) is 14.4. The van der Waals surface area contributed by atoms with Gasteiger partial charge in [-0.25, -0.2) is 4.79 Å². The average molecular weight is 321 g/mol. The number of urea groups is 1. The second-order valence-corrected chi connectivity index (χ2v) is 7.38. The second-order valence-electron chi connectivity index (χ2n) is 6.94. The number of benzene rings is 1. The molecule has 0 aromatic heterocycles.